The van der Waals surface area contributed by atoms with E-state index in [2.05, 4.69) is 12.2 Å². The first-order chi connectivity index (χ1) is 9.95. The van der Waals surface area contributed by atoms with Gasteiger partial charge in [0.2, 0.25) is 5.91 Å². The Bertz CT molecular complexity index is 250. The molecule has 0 aliphatic heterocycles. The van der Waals surface area contributed by atoms with Crippen LogP contribution in [0.3, 0.4) is 0 Å². The second-order valence-electron chi connectivity index (χ2n) is 6.58. The molecule has 0 spiro atoms. The molecule has 0 saturated heterocycles. The summed E-state index contributed by atoms with van der Waals surface area (Å²) in [5, 5.41) is 14.2. The van der Waals surface area contributed by atoms with E-state index in [0.717, 1.165) is 19.3 Å². The van der Waals surface area contributed by atoms with Gasteiger partial charge < -0.3 is 15.2 Å². The molecule has 0 atom stereocenters. The van der Waals surface area contributed by atoms with Gasteiger partial charge in [-0.05, 0) is 6.42 Å². The van der Waals surface area contributed by atoms with Crippen molar-refractivity contribution in [3.63, 3.8) is 0 Å². The van der Waals surface area contributed by atoms with Crippen molar-refractivity contribution in [1.82, 2.24) is 5.32 Å². The first kappa shape index (κ1) is 20.4. The highest BCUT2D eigenvalue weighted by Crippen LogP contribution is 2.10. The highest BCUT2D eigenvalue weighted by molar-refractivity contribution is 5.75. The number of quaternary nitrogens is 1. The zero-order valence-corrected chi connectivity index (χ0v) is 14.5. The van der Waals surface area contributed by atoms with Gasteiger partial charge in [-0.3, -0.25) is 4.79 Å². The molecule has 0 bridgehead atoms. The van der Waals surface area contributed by atoms with Gasteiger partial charge in [-0.2, -0.15) is 0 Å². The number of carbonyl (C=O) groups excluding carboxylic acids is 1. The molecule has 0 aliphatic carbocycles. The Morgan fingerprint density at radius 3 is 1.95 bits per heavy atom. The van der Waals surface area contributed by atoms with Crippen LogP contribution in [0.2, 0.25) is 0 Å². The lowest BCUT2D eigenvalue weighted by molar-refractivity contribution is -0.840. The molecular formula is C17H36N2O2. The Labute approximate surface area is 131 Å². The molecule has 0 unspecified atom stereocenters. The van der Waals surface area contributed by atoms with Crippen LogP contribution in [-0.4, -0.2) is 37.7 Å². The van der Waals surface area contributed by atoms with E-state index in [9.17, 15) is 10.0 Å². The molecular weight excluding hydrogens is 264 g/mol. The van der Waals surface area contributed by atoms with E-state index in [1.54, 1.807) is 14.1 Å². The van der Waals surface area contributed by atoms with E-state index in [4.69, 9.17) is 0 Å². The molecule has 0 rings (SSSR count). The highest BCUT2D eigenvalue weighted by atomic mass is 16.5. The van der Waals surface area contributed by atoms with E-state index in [0.29, 0.717) is 19.5 Å². The fourth-order valence-corrected chi connectivity index (χ4v) is 2.37. The van der Waals surface area contributed by atoms with Gasteiger partial charge in [0.05, 0.1) is 20.6 Å². The van der Waals surface area contributed by atoms with Crippen LogP contribution in [0.25, 0.3) is 0 Å². The average molecular weight is 300 g/mol. The fourth-order valence-electron chi connectivity index (χ4n) is 2.37. The number of amides is 1. The topological polar surface area (TPSA) is 52.2 Å². The van der Waals surface area contributed by atoms with Crippen molar-refractivity contribution in [2.75, 3.05) is 27.2 Å². The second-order valence-corrected chi connectivity index (χ2v) is 6.58. The minimum atomic E-state index is -0.284. The van der Waals surface area contributed by atoms with Crippen molar-refractivity contribution in [3.8, 4) is 0 Å². The molecule has 4 heteroatoms. The van der Waals surface area contributed by atoms with Crippen molar-refractivity contribution < 1.29 is 9.44 Å². The van der Waals surface area contributed by atoms with Crippen molar-refractivity contribution in [2.45, 2.75) is 77.6 Å². The molecule has 0 aromatic rings. The normalized spacial score (nSPS) is 11.6. The number of nitrogens with one attached hydrogen (secondary N) is 1. The van der Waals surface area contributed by atoms with E-state index >= 15 is 0 Å². The average Bonchev–Trinajstić information content (AvgIpc) is 2.41. The fraction of sp³-hybridized carbons (Fsp3) is 0.941. The van der Waals surface area contributed by atoms with E-state index in [-0.39, 0.29) is 10.6 Å². The maximum absolute atomic E-state index is 11.6. The van der Waals surface area contributed by atoms with Crippen LogP contribution in [0, 0.1) is 5.21 Å². The van der Waals surface area contributed by atoms with Crippen LogP contribution >= 0.6 is 0 Å². The van der Waals surface area contributed by atoms with Crippen molar-refractivity contribution >= 4 is 5.91 Å². The number of hydroxylamine groups is 3. The summed E-state index contributed by atoms with van der Waals surface area (Å²) in [7, 11) is 3.26. The maximum Gasteiger partial charge on any atom is 0.219 e. The van der Waals surface area contributed by atoms with Gasteiger partial charge in [0.15, 0.2) is 0 Å². The SMILES string of the molecule is CCCCCCCCCCCC(=O)NCCC[N+](C)(C)[O-]. The molecule has 0 saturated carbocycles. The molecule has 4 nitrogen and oxygen atoms in total. The lowest BCUT2D eigenvalue weighted by atomic mass is 10.1. The lowest BCUT2D eigenvalue weighted by Gasteiger charge is -2.33. The summed E-state index contributed by atoms with van der Waals surface area (Å²) in [6.07, 6.45) is 12.8. The molecule has 0 radical (unpaired) electrons. The number of nitrogens with zero attached hydrogens (tertiary/aromatic N) is 1. The quantitative estimate of drug-likeness (QED) is 0.299. The third-order valence-corrected chi connectivity index (χ3v) is 3.70. The largest absolute Gasteiger partial charge is 0.633 e. The number of hydrogen-bond acceptors (Lipinski definition) is 2. The zero-order valence-electron chi connectivity index (χ0n) is 14.5. The van der Waals surface area contributed by atoms with Crippen LogP contribution in [0.4, 0.5) is 0 Å². The minimum absolute atomic E-state index is 0.133. The Hall–Kier alpha value is -0.610. The Morgan fingerprint density at radius 1 is 0.905 bits per heavy atom. The monoisotopic (exact) mass is 300 g/mol. The number of unbranched alkanes of at least 4 members (excludes halogenated alkanes) is 8. The molecule has 1 amide bonds. The molecule has 126 valence electrons. The third kappa shape index (κ3) is 17.3. The van der Waals surface area contributed by atoms with Crippen molar-refractivity contribution in [1.29, 1.82) is 0 Å². The van der Waals surface area contributed by atoms with Gasteiger partial charge in [0, 0.05) is 19.4 Å². The standard InChI is InChI=1S/C17H36N2O2/c1-4-5-6-7-8-9-10-11-12-14-17(20)18-15-13-16-19(2,3)21/h4-16H2,1-3H3,(H,18,20). The summed E-state index contributed by atoms with van der Waals surface area (Å²) in [6, 6.07) is 0. The first-order valence-electron chi connectivity index (χ1n) is 8.76. The zero-order chi connectivity index (χ0) is 16.0. The van der Waals surface area contributed by atoms with Crippen molar-refractivity contribution in [2.24, 2.45) is 0 Å². The van der Waals surface area contributed by atoms with Gasteiger partial charge in [-0.15, -0.1) is 0 Å². The Morgan fingerprint density at radius 2 is 1.43 bits per heavy atom. The second kappa shape index (κ2) is 13.1. The predicted molar refractivity (Wildman–Crippen MR) is 89.8 cm³/mol. The number of hydrogen-bond donors (Lipinski definition) is 1. The summed E-state index contributed by atoms with van der Waals surface area (Å²) >= 11 is 0. The molecule has 0 aliphatic rings. The van der Waals surface area contributed by atoms with Crippen molar-refractivity contribution in [3.05, 3.63) is 5.21 Å². The molecule has 21 heavy (non-hydrogen) atoms. The maximum atomic E-state index is 11.6. The summed E-state index contributed by atoms with van der Waals surface area (Å²) in [5.74, 6) is 0.133. The molecule has 1 N–H and O–H groups in total. The molecule has 0 aromatic carbocycles. The van der Waals surface area contributed by atoms with Gasteiger partial charge in [-0.25, -0.2) is 0 Å². The Balaban J connectivity index is 3.23. The third-order valence-electron chi connectivity index (χ3n) is 3.70. The van der Waals surface area contributed by atoms with Crippen LogP contribution in [0.15, 0.2) is 0 Å². The number of carbonyl (C=O) groups is 1. The van der Waals surface area contributed by atoms with Gasteiger partial charge in [-0.1, -0.05) is 58.3 Å². The summed E-state index contributed by atoms with van der Waals surface area (Å²) in [6.45, 7) is 3.42. The van der Waals surface area contributed by atoms with E-state index in [1.165, 1.54) is 44.9 Å². The van der Waals surface area contributed by atoms with Gasteiger partial charge >= 0.3 is 0 Å². The van der Waals surface area contributed by atoms with Crippen LogP contribution in [-0.2, 0) is 4.79 Å². The molecule has 0 heterocycles. The molecule has 0 aromatic heterocycles. The number of rotatable bonds is 14. The molecule has 0 fully saturated rings. The summed E-state index contributed by atoms with van der Waals surface area (Å²) in [4.78, 5) is 11.6. The van der Waals surface area contributed by atoms with Gasteiger partial charge in [0.1, 0.15) is 0 Å². The summed E-state index contributed by atoms with van der Waals surface area (Å²) < 4.78 is -0.284. The Kier molecular flexibility index (Phi) is 12.7. The summed E-state index contributed by atoms with van der Waals surface area (Å²) in [5.41, 5.74) is 0. The van der Waals surface area contributed by atoms with E-state index < -0.39 is 0 Å². The predicted octanol–water partition coefficient (Wildman–Crippen LogP) is 3.99. The first-order valence-corrected chi connectivity index (χ1v) is 8.76. The van der Waals surface area contributed by atoms with Crippen LogP contribution in [0.5, 0.6) is 0 Å². The highest BCUT2D eigenvalue weighted by Gasteiger charge is 2.03. The lowest BCUT2D eigenvalue weighted by Crippen LogP contribution is -2.35. The van der Waals surface area contributed by atoms with E-state index in [1.807, 2.05) is 0 Å². The smallest absolute Gasteiger partial charge is 0.219 e. The van der Waals surface area contributed by atoms with Gasteiger partial charge in [0.25, 0.3) is 0 Å². The van der Waals surface area contributed by atoms with Crippen LogP contribution in [0.1, 0.15) is 77.6 Å². The minimum Gasteiger partial charge on any atom is -0.633 e. The van der Waals surface area contributed by atoms with Crippen LogP contribution < -0.4 is 5.32 Å².